The van der Waals surface area contributed by atoms with Crippen LogP contribution >= 0.6 is 0 Å². The van der Waals surface area contributed by atoms with Crippen molar-refractivity contribution in [2.75, 3.05) is 33.3 Å². The summed E-state index contributed by atoms with van der Waals surface area (Å²) in [6.07, 6.45) is 0.0906. The minimum absolute atomic E-state index is 0.0652. The zero-order valence-electron chi connectivity index (χ0n) is 11.9. The van der Waals surface area contributed by atoms with Gasteiger partial charge in [0.25, 0.3) is 5.91 Å². The molecule has 0 bridgehead atoms. The monoisotopic (exact) mass is 262 g/mol. The summed E-state index contributed by atoms with van der Waals surface area (Å²) in [5.74, 6) is 0.0652. The summed E-state index contributed by atoms with van der Waals surface area (Å²) in [4.78, 5) is 14.2. The molecule has 1 N–H and O–H groups in total. The van der Waals surface area contributed by atoms with Crippen LogP contribution in [0.4, 0.5) is 0 Å². The Hall–Kier alpha value is -1.39. The highest BCUT2D eigenvalue weighted by molar-refractivity contribution is 5.95. The molecule has 2 rings (SSSR count). The number of amides is 1. The van der Waals surface area contributed by atoms with Crippen LogP contribution in [0.15, 0.2) is 18.2 Å². The standard InChI is InChI=1S/C15H22N2O2/c1-11-4-5-12(2)14(8-11)15(18)17(3)10-13-9-16-6-7-19-13/h4-5,8,13,16H,6-7,9-10H2,1-3H3. The van der Waals surface area contributed by atoms with Gasteiger partial charge in [0.1, 0.15) is 0 Å². The highest BCUT2D eigenvalue weighted by Crippen LogP contribution is 2.13. The molecule has 1 heterocycles. The highest BCUT2D eigenvalue weighted by atomic mass is 16.5. The van der Waals surface area contributed by atoms with Gasteiger partial charge in [-0.2, -0.15) is 0 Å². The lowest BCUT2D eigenvalue weighted by atomic mass is 10.0. The minimum atomic E-state index is 0.0652. The average molecular weight is 262 g/mol. The molecule has 104 valence electrons. The number of carbonyl (C=O) groups is 1. The van der Waals surface area contributed by atoms with Crippen molar-refractivity contribution in [1.82, 2.24) is 10.2 Å². The van der Waals surface area contributed by atoms with Gasteiger partial charge in [-0.25, -0.2) is 0 Å². The fourth-order valence-corrected chi connectivity index (χ4v) is 2.30. The fourth-order valence-electron chi connectivity index (χ4n) is 2.30. The van der Waals surface area contributed by atoms with Crippen molar-refractivity contribution in [2.24, 2.45) is 0 Å². The lowest BCUT2D eigenvalue weighted by molar-refractivity contribution is 0.0103. The molecule has 4 heteroatoms. The number of likely N-dealkylation sites (N-methyl/N-ethyl adjacent to an activating group) is 1. The van der Waals surface area contributed by atoms with E-state index in [2.05, 4.69) is 5.32 Å². The van der Waals surface area contributed by atoms with E-state index in [9.17, 15) is 4.79 Å². The molecule has 19 heavy (non-hydrogen) atoms. The Morgan fingerprint density at radius 2 is 2.26 bits per heavy atom. The van der Waals surface area contributed by atoms with Gasteiger partial charge < -0.3 is 15.0 Å². The first-order valence-corrected chi connectivity index (χ1v) is 6.73. The van der Waals surface area contributed by atoms with Crippen LogP contribution in [-0.4, -0.2) is 50.2 Å². The molecule has 1 aliphatic rings. The van der Waals surface area contributed by atoms with Crippen LogP contribution < -0.4 is 5.32 Å². The summed E-state index contributed by atoms with van der Waals surface area (Å²) in [6, 6.07) is 5.98. The van der Waals surface area contributed by atoms with Crippen LogP contribution in [0.5, 0.6) is 0 Å². The summed E-state index contributed by atoms with van der Waals surface area (Å²) in [5.41, 5.74) is 2.91. The second-order valence-electron chi connectivity index (χ2n) is 5.20. The Kier molecular flexibility index (Phi) is 4.56. The minimum Gasteiger partial charge on any atom is -0.374 e. The van der Waals surface area contributed by atoms with E-state index in [0.717, 1.165) is 36.4 Å². The van der Waals surface area contributed by atoms with E-state index in [1.165, 1.54) is 0 Å². The maximum absolute atomic E-state index is 12.4. The van der Waals surface area contributed by atoms with Crippen molar-refractivity contribution >= 4 is 5.91 Å². The van der Waals surface area contributed by atoms with Crippen molar-refractivity contribution in [3.05, 3.63) is 34.9 Å². The third kappa shape index (κ3) is 3.55. The molecule has 1 fully saturated rings. The lowest BCUT2D eigenvalue weighted by Crippen LogP contribution is -2.45. The predicted octanol–water partition coefficient (Wildman–Crippen LogP) is 1.36. The van der Waals surface area contributed by atoms with Gasteiger partial charge in [0.2, 0.25) is 0 Å². The molecule has 1 aliphatic heterocycles. The molecular weight excluding hydrogens is 240 g/mol. The van der Waals surface area contributed by atoms with E-state index >= 15 is 0 Å². The van der Waals surface area contributed by atoms with Gasteiger partial charge >= 0.3 is 0 Å². The number of hydrogen-bond acceptors (Lipinski definition) is 3. The van der Waals surface area contributed by atoms with Gasteiger partial charge in [-0.15, -0.1) is 0 Å². The molecular formula is C15H22N2O2. The molecule has 1 aromatic rings. The summed E-state index contributed by atoms with van der Waals surface area (Å²) in [7, 11) is 1.84. The van der Waals surface area contributed by atoms with Gasteiger partial charge in [0, 0.05) is 32.2 Å². The largest absolute Gasteiger partial charge is 0.374 e. The number of rotatable bonds is 3. The molecule has 1 amide bonds. The Morgan fingerprint density at radius 3 is 2.95 bits per heavy atom. The predicted molar refractivity (Wildman–Crippen MR) is 75.5 cm³/mol. The van der Waals surface area contributed by atoms with Crippen LogP contribution in [0.25, 0.3) is 0 Å². The quantitative estimate of drug-likeness (QED) is 0.894. The van der Waals surface area contributed by atoms with E-state index in [1.54, 1.807) is 4.90 Å². The first kappa shape index (κ1) is 14.0. The molecule has 0 saturated carbocycles. The molecule has 0 aliphatic carbocycles. The van der Waals surface area contributed by atoms with Gasteiger partial charge in [0.15, 0.2) is 0 Å². The van der Waals surface area contributed by atoms with Gasteiger partial charge in [-0.1, -0.05) is 17.7 Å². The summed E-state index contributed by atoms with van der Waals surface area (Å²) in [6.45, 7) is 7.02. The first-order valence-electron chi connectivity index (χ1n) is 6.73. The van der Waals surface area contributed by atoms with E-state index in [4.69, 9.17) is 4.74 Å². The maximum Gasteiger partial charge on any atom is 0.253 e. The normalized spacial score (nSPS) is 19.2. The molecule has 1 saturated heterocycles. The fraction of sp³-hybridized carbons (Fsp3) is 0.533. The van der Waals surface area contributed by atoms with Crippen LogP contribution in [0.1, 0.15) is 21.5 Å². The Labute approximate surface area is 114 Å². The van der Waals surface area contributed by atoms with Crippen molar-refractivity contribution in [3.63, 3.8) is 0 Å². The third-order valence-electron chi connectivity index (χ3n) is 3.45. The van der Waals surface area contributed by atoms with Gasteiger partial charge in [0.05, 0.1) is 12.7 Å². The van der Waals surface area contributed by atoms with Crippen LogP contribution in [0.2, 0.25) is 0 Å². The summed E-state index contributed by atoms with van der Waals surface area (Å²) < 4.78 is 5.63. The van der Waals surface area contributed by atoms with Gasteiger partial charge in [-0.05, 0) is 25.5 Å². The smallest absolute Gasteiger partial charge is 0.253 e. The van der Waals surface area contributed by atoms with E-state index in [-0.39, 0.29) is 12.0 Å². The maximum atomic E-state index is 12.4. The topological polar surface area (TPSA) is 41.6 Å². The lowest BCUT2D eigenvalue weighted by Gasteiger charge is -2.28. The molecule has 4 nitrogen and oxygen atoms in total. The number of ether oxygens (including phenoxy) is 1. The highest BCUT2D eigenvalue weighted by Gasteiger charge is 2.20. The van der Waals surface area contributed by atoms with Gasteiger partial charge in [-0.3, -0.25) is 4.79 Å². The molecule has 0 spiro atoms. The number of benzene rings is 1. The Morgan fingerprint density at radius 1 is 1.47 bits per heavy atom. The second-order valence-corrected chi connectivity index (χ2v) is 5.20. The van der Waals surface area contributed by atoms with Crippen LogP contribution in [0, 0.1) is 13.8 Å². The first-order chi connectivity index (χ1) is 9.08. The van der Waals surface area contributed by atoms with Crippen molar-refractivity contribution in [1.29, 1.82) is 0 Å². The molecule has 0 aromatic heterocycles. The Balaban J connectivity index is 2.03. The summed E-state index contributed by atoms with van der Waals surface area (Å²) >= 11 is 0. The Bertz CT molecular complexity index is 453. The van der Waals surface area contributed by atoms with E-state index in [1.807, 2.05) is 39.1 Å². The molecule has 1 unspecified atom stereocenters. The third-order valence-corrected chi connectivity index (χ3v) is 3.45. The second kappa shape index (κ2) is 6.17. The zero-order chi connectivity index (χ0) is 13.8. The zero-order valence-corrected chi connectivity index (χ0v) is 11.9. The average Bonchev–Trinajstić information content (AvgIpc) is 2.42. The van der Waals surface area contributed by atoms with Crippen molar-refractivity contribution in [3.8, 4) is 0 Å². The van der Waals surface area contributed by atoms with Crippen LogP contribution in [0.3, 0.4) is 0 Å². The number of nitrogens with one attached hydrogen (secondary N) is 1. The number of hydrogen-bond donors (Lipinski definition) is 1. The van der Waals surface area contributed by atoms with Crippen molar-refractivity contribution in [2.45, 2.75) is 20.0 Å². The number of nitrogens with zero attached hydrogens (tertiary/aromatic N) is 1. The van der Waals surface area contributed by atoms with E-state index < -0.39 is 0 Å². The van der Waals surface area contributed by atoms with Crippen molar-refractivity contribution < 1.29 is 9.53 Å². The molecule has 0 radical (unpaired) electrons. The molecule has 1 aromatic carbocycles. The number of morpholine rings is 1. The molecule has 1 atom stereocenters. The number of carbonyl (C=O) groups excluding carboxylic acids is 1. The summed E-state index contributed by atoms with van der Waals surface area (Å²) in [5, 5.41) is 3.28. The van der Waals surface area contributed by atoms with E-state index in [0.29, 0.717) is 6.54 Å². The van der Waals surface area contributed by atoms with Crippen LogP contribution in [-0.2, 0) is 4.74 Å². The SMILES string of the molecule is Cc1ccc(C)c(C(=O)N(C)CC2CNCCO2)c1. The number of aryl methyl sites for hydroxylation is 2.